The largest absolute Gasteiger partial charge is 1.00 e. The van der Waals surface area contributed by atoms with E-state index in [-0.39, 0.29) is 73.8 Å². The summed E-state index contributed by atoms with van der Waals surface area (Å²) in [5.74, 6) is 0.639. The molecular formula is C3H10Na2OS2. The van der Waals surface area contributed by atoms with E-state index < -0.39 is 0 Å². The number of aliphatic hydroxyl groups excluding tert-OH is 1. The van der Waals surface area contributed by atoms with E-state index in [1.807, 2.05) is 0 Å². The van der Waals surface area contributed by atoms with Gasteiger partial charge in [0.05, 0.1) is 6.61 Å². The molecule has 0 aliphatic rings. The van der Waals surface area contributed by atoms with Gasteiger partial charge in [-0.1, -0.05) is 0 Å². The second-order valence-corrected chi connectivity index (χ2v) is 2.11. The van der Waals surface area contributed by atoms with Crippen LogP contribution in [0.1, 0.15) is 2.85 Å². The van der Waals surface area contributed by atoms with Gasteiger partial charge in [-0.15, -0.1) is 0 Å². The van der Waals surface area contributed by atoms with Crippen LogP contribution in [0.2, 0.25) is 0 Å². The first-order chi connectivity index (χ1) is 2.81. The van der Waals surface area contributed by atoms with Crippen molar-refractivity contribution in [2.75, 3.05) is 12.4 Å². The SMILES string of the molecule is OCC(S)CS.[H-].[H-].[Na+].[Na+]. The molecule has 0 aromatic carbocycles. The molecule has 8 heavy (non-hydrogen) atoms. The molecule has 0 aromatic rings. The van der Waals surface area contributed by atoms with Gasteiger partial charge < -0.3 is 7.96 Å². The molecular weight excluding hydrogens is 162 g/mol. The van der Waals surface area contributed by atoms with Crippen molar-refractivity contribution in [2.24, 2.45) is 0 Å². The average molecular weight is 172 g/mol. The molecule has 0 aromatic heterocycles. The van der Waals surface area contributed by atoms with Gasteiger partial charge in [0, 0.05) is 11.0 Å². The molecule has 1 N–H and O–H groups in total. The second kappa shape index (κ2) is 12.3. The average Bonchev–Trinajstić information content (AvgIpc) is 1.65. The molecule has 0 bridgehead atoms. The van der Waals surface area contributed by atoms with Gasteiger partial charge in [-0.3, -0.25) is 0 Å². The van der Waals surface area contributed by atoms with Crippen LogP contribution in [0.25, 0.3) is 0 Å². The molecule has 1 atom stereocenters. The first kappa shape index (κ1) is 17.0. The summed E-state index contributed by atoms with van der Waals surface area (Å²) in [5.41, 5.74) is 0. The van der Waals surface area contributed by atoms with Gasteiger partial charge in [0.2, 0.25) is 0 Å². The van der Waals surface area contributed by atoms with Crippen LogP contribution in [0.5, 0.6) is 0 Å². The van der Waals surface area contributed by atoms with Gasteiger partial charge in [-0.25, -0.2) is 0 Å². The van der Waals surface area contributed by atoms with E-state index in [9.17, 15) is 0 Å². The minimum Gasteiger partial charge on any atom is -1.00 e. The Morgan fingerprint density at radius 2 is 1.88 bits per heavy atom. The van der Waals surface area contributed by atoms with Crippen molar-refractivity contribution < 1.29 is 67.1 Å². The molecule has 0 aliphatic carbocycles. The van der Waals surface area contributed by atoms with Crippen LogP contribution in [0.3, 0.4) is 0 Å². The van der Waals surface area contributed by atoms with Crippen molar-refractivity contribution in [3.05, 3.63) is 0 Å². The topological polar surface area (TPSA) is 20.2 Å². The van der Waals surface area contributed by atoms with Crippen molar-refractivity contribution >= 4 is 25.3 Å². The summed E-state index contributed by atoms with van der Waals surface area (Å²) in [6.45, 7) is 0.118. The Bertz CT molecular complexity index is 41.7. The molecule has 0 saturated heterocycles. The third-order valence-electron chi connectivity index (χ3n) is 0.421. The molecule has 1 nitrogen and oxygen atoms in total. The summed E-state index contributed by atoms with van der Waals surface area (Å²) in [5, 5.41) is 8.26. The fourth-order valence-electron chi connectivity index (χ4n) is 0.0577. The van der Waals surface area contributed by atoms with Crippen LogP contribution in [-0.2, 0) is 0 Å². The van der Waals surface area contributed by atoms with Gasteiger partial charge in [0.15, 0.2) is 0 Å². The van der Waals surface area contributed by atoms with Crippen LogP contribution >= 0.6 is 25.3 Å². The Morgan fingerprint density at radius 1 is 1.50 bits per heavy atom. The summed E-state index contributed by atoms with van der Waals surface area (Å²) < 4.78 is 0. The molecule has 0 spiro atoms. The Hall–Kier alpha value is 2.66. The zero-order chi connectivity index (χ0) is 4.99. The fourth-order valence-corrected chi connectivity index (χ4v) is 0.173. The van der Waals surface area contributed by atoms with E-state index >= 15 is 0 Å². The minimum absolute atomic E-state index is 0. The first-order valence-electron chi connectivity index (χ1n) is 1.71. The smallest absolute Gasteiger partial charge is 1.00 e. The van der Waals surface area contributed by atoms with E-state index in [0.717, 1.165) is 0 Å². The molecule has 0 aliphatic heterocycles. The summed E-state index contributed by atoms with van der Waals surface area (Å²) in [7, 11) is 0. The monoisotopic (exact) mass is 172 g/mol. The van der Waals surface area contributed by atoms with Crippen molar-refractivity contribution in [1.29, 1.82) is 0 Å². The zero-order valence-electron chi connectivity index (χ0n) is 7.33. The van der Waals surface area contributed by atoms with Crippen LogP contribution in [0, 0.1) is 0 Å². The predicted octanol–water partition coefficient (Wildman–Crippen LogP) is -5.56. The van der Waals surface area contributed by atoms with E-state index in [1.54, 1.807) is 0 Å². The molecule has 0 fully saturated rings. The summed E-state index contributed by atoms with van der Waals surface area (Å²) in [6.07, 6.45) is 0. The molecule has 0 heterocycles. The standard InChI is InChI=1S/C3H8OS2.2Na.2H/c4-1-3(6)2-5;;;;/h3-6H,1-2H2;;;;/q;2*+1;2*-1. The van der Waals surface area contributed by atoms with E-state index in [1.165, 1.54) is 0 Å². The van der Waals surface area contributed by atoms with E-state index in [0.29, 0.717) is 5.75 Å². The normalized spacial score (nSPS) is 10.9. The fraction of sp³-hybridized carbons (Fsp3) is 1.00. The number of hydrogen-bond donors (Lipinski definition) is 3. The zero-order valence-corrected chi connectivity index (χ0v) is 11.1. The first-order valence-corrected chi connectivity index (χ1v) is 2.86. The third kappa shape index (κ3) is 11.5. The number of aliphatic hydroxyl groups is 1. The van der Waals surface area contributed by atoms with Crippen LogP contribution in [-0.4, -0.2) is 22.7 Å². The van der Waals surface area contributed by atoms with Crippen LogP contribution < -0.4 is 59.1 Å². The van der Waals surface area contributed by atoms with E-state index in [2.05, 4.69) is 25.3 Å². The van der Waals surface area contributed by atoms with Gasteiger partial charge in [-0.05, 0) is 0 Å². The Morgan fingerprint density at radius 3 is 1.88 bits per heavy atom. The maximum absolute atomic E-state index is 8.21. The van der Waals surface area contributed by atoms with Crippen LogP contribution in [0.15, 0.2) is 0 Å². The molecule has 1 unspecified atom stereocenters. The minimum atomic E-state index is 0. The van der Waals surface area contributed by atoms with Crippen molar-refractivity contribution in [3.8, 4) is 0 Å². The summed E-state index contributed by atoms with van der Waals surface area (Å²) in [6, 6.07) is 0. The Kier molecular flexibility index (Phi) is 26.2. The van der Waals surface area contributed by atoms with Gasteiger partial charge in [-0.2, -0.15) is 25.3 Å². The molecule has 42 valence electrons. The number of thiol groups is 2. The number of rotatable bonds is 2. The van der Waals surface area contributed by atoms with Gasteiger partial charge >= 0.3 is 59.1 Å². The number of hydrogen-bond acceptors (Lipinski definition) is 3. The Labute approximate surface area is 108 Å². The molecule has 5 heteroatoms. The molecule has 0 saturated carbocycles. The molecule has 0 radical (unpaired) electrons. The molecule has 0 amide bonds. The Balaban J connectivity index is -0.0000000208. The van der Waals surface area contributed by atoms with Crippen molar-refractivity contribution in [2.45, 2.75) is 5.25 Å². The van der Waals surface area contributed by atoms with Crippen molar-refractivity contribution in [3.63, 3.8) is 0 Å². The van der Waals surface area contributed by atoms with E-state index in [4.69, 9.17) is 5.11 Å². The predicted molar refractivity (Wildman–Crippen MR) is 35.9 cm³/mol. The molecule has 0 rings (SSSR count). The van der Waals surface area contributed by atoms with Crippen molar-refractivity contribution in [1.82, 2.24) is 0 Å². The second-order valence-electron chi connectivity index (χ2n) is 1.02. The maximum Gasteiger partial charge on any atom is 1.00 e. The third-order valence-corrected chi connectivity index (χ3v) is 1.50. The van der Waals surface area contributed by atoms with Gasteiger partial charge in [0.1, 0.15) is 0 Å². The van der Waals surface area contributed by atoms with Crippen LogP contribution in [0.4, 0.5) is 0 Å². The van der Waals surface area contributed by atoms with Gasteiger partial charge in [0.25, 0.3) is 0 Å². The quantitative estimate of drug-likeness (QED) is 0.280. The maximum atomic E-state index is 8.21. The summed E-state index contributed by atoms with van der Waals surface area (Å²) in [4.78, 5) is 0. The summed E-state index contributed by atoms with van der Waals surface area (Å²) >= 11 is 7.76.